The van der Waals surface area contributed by atoms with Crippen molar-refractivity contribution in [3.05, 3.63) is 77.1 Å². The topological polar surface area (TPSA) is 68.5 Å². The van der Waals surface area contributed by atoms with Crippen molar-refractivity contribution in [1.29, 1.82) is 0 Å². The molecule has 0 bridgehead atoms. The summed E-state index contributed by atoms with van der Waals surface area (Å²) >= 11 is 0. The van der Waals surface area contributed by atoms with Gasteiger partial charge < -0.3 is 4.74 Å². The van der Waals surface area contributed by atoms with Gasteiger partial charge in [0.25, 0.3) is 5.91 Å². The molecule has 0 saturated carbocycles. The highest BCUT2D eigenvalue weighted by atomic mass is 16.5. The van der Waals surface area contributed by atoms with Crippen LogP contribution in [0.1, 0.15) is 54.5 Å². The van der Waals surface area contributed by atoms with Crippen LogP contribution in [-0.2, 0) is 12.8 Å². The molecule has 154 valence electrons. The summed E-state index contributed by atoms with van der Waals surface area (Å²) in [5, 5.41) is 8.70. The second-order valence-electron chi connectivity index (χ2n) is 8.36. The Labute approximate surface area is 176 Å². The largest absolute Gasteiger partial charge is 0.488 e. The van der Waals surface area contributed by atoms with Gasteiger partial charge in [-0.05, 0) is 82.0 Å². The third-order valence-electron chi connectivity index (χ3n) is 4.83. The number of hydrogen-bond acceptors (Lipinski definition) is 4. The molecule has 0 aliphatic heterocycles. The van der Waals surface area contributed by atoms with E-state index in [0.717, 1.165) is 47.5 Å². The van der Waals surface area contributed by atoms with Gasteiger partial charge in [-0.1, -0.05) is 18.2 Å². The number of hydrogen-bond donors (Lipinski definition) is 1. The van der Waals surface area contributed by atoms with Crippen molar-refractivity contribution in [2.45, 2.75) is 45.6 Å². The van der Waals surface area contributed by atoms with Gasteiger partial charge >= 0.3 is 0 Å². The van der Waals surface area contributed by atoms with Crippen LogP contribution in [0.3, 0.4) is 0 Å². The number of rotatable bonds is 5. The normalized spacial score (nSPS) is 13.4. The summed E-state index contributed by atoms with van der Waals surface area (Å²) in [6.07, 6.45) is 4.44. The minimum absolute atomic E-state index is 0.243. The average molecular weight is 402 g/mol. The molecule has 1 aliphatic carbocycles. The number of ether oxygens (including phenoxy) is 1. The minimum Gasteiger partial charge on any atom is -0.488 e. The maximum atomic E-state index is 12.7. The zero-order valence-corrected chi connectivity index (χ0v) is 17.6. The van der Waals surface area contributed by atoms with E-state index in [1.807, 2.05) is 80.1 Å². The Morgan fingerprint density at radius 3 is 2.53 bits per heavy atom. The number of nitrogens with one attached hydrogen (secondary N) is 1. The predicted molar refractivity (Wildman–Crippen MR) is 117 cm³/mol. The Bertz CT molecular complexity index is 1060. The Balaban J connectivity index is 1.46. The Morgan fingerprint density at radius 2 is 1.83 bits per heavy atom. The maximum Gasteiger partial charge on any atom is 0.292 e. The number of para-hydroxylation sites is 1. The molecule has 1 aromatic heterocycles. The zero-order chi connectivity index (χ0) is 21.1. The molecule has 1 N–H and O–H groups in total. The predicted octanol–water partition coefficient (Wildman–Crippen LogP) is 4.30. The molecule has 0 atom stereocenters. The molecule has 4 rings (SSSR count). The molecule has 0 radical (unpaired) electrons. The lowest BCUT2D eigenvalue weighted by Crippen LogP contribution is -2.22. The first-order valence-electron chi connectivity index (χ1n) is 10.2. The van der Waals surface area contributed by atoms with E-state index < -0.39 is 0 Å². The summed E-state index contributed by atoms with van der Waals surface area (Å²) in [7, 11) is 0. The van der Waals surface area contributed by atoms with Crippen molar-refractivity contribution in [3.63, 3.8) is 0 Å². The Kier molecular flexibility index (Phi) is 5.40. The number of nitrogens with zero attached hydrogens (tertiary/aromatic N) is 3. The molecular weight excluding hydrogens is 376 g/mol. The van der Waals surface area contributed by atoms with E-state index in [4.69, 9.17) is 4.74 Å². The maximum absolute atomic E-state index is 12.7. The Hall–Kier alpha value is -3.41. The van der Waals surface area contributed by atoms with Crippen LogP contribution in [0.15, 0.2) is 59.7 Å². The first-order chi connectivity index (χ1) is 14.4. The quantitative estimate of drug-likeness (QED) is 0.511. The molecule has 0 fully saturated rings. The van der Waals surface area contributed by atoms with Crippen molar-refractivity contribution >= 4 is 12.1 Å². The summed E-state index contributed by atoms with van der Waals surface area (Å²) in [5.41, 5.74) is 6.81. The number of carbonyl (C=O) groups is 1. The van der Waals surface area contributed by atoms with Crippen LogP contribution in [0.2, 0.25) is 0 Å². The molecule has 1 heterocycles. The van der Waals surface area contributed by atoms with Crippen LogP contribution in [0.5, 0.6) is 5.75 Å². The van der Waals surface area contributed by atoms with Gasteiger partial charge in [0.15, 0.2) is 5.69 Å². The minimum atomic E-state index is -0.285. The molecule has 0 saturated heterocycles. The van der Waals surface area contributed by atoms with Crippen molar-refractivity contribution in [2.24, 2.45) is 5.10 Å². The third-order valence-corrected chi connectivity index (χ3v) is 4.83. The standard InChI is InChI=1S/C24H26N4O2/c1-24(2,3)30-19-14-12-17(13-15-19)16-25-26-23(29)22-20-10-7-11-21(20)28(27-22)18-8-5-4-6-9-18/h4-6,8-9,12-16H,7,10-11H2,1-3H3,(H,26,29)/b25-16+. The lowest BCUT2D eigenvalue weighted by atomic mass is 10.2. The zero-order valence-electron chi connectivity index (χ0n) is 17.6. The fraction of sp³-hybridized carbons (Fsp3) is 0.292. The summed E-state index contributed by atoms with van der Waals surface area (Å²) < 4.78 is 7.70. The summed E-state index contributed by atoms with van der Waals surface area (Å²) in [4.78, 5) is 12.7. The van der Waals surface area contributed by atoms with Crippen LogP contribution in [0, 0.1) is 0 Å². The Morgan fingerprint density at radius 1 is 1.10 bits per heavy atom. The second-order valence-corrected chi connectivity index (χ2v) is 8.36. The molecule has 0 spiro atoms. The van der Waals surface area contributed by atoms with Crippen LogP contribution in [0.4, 0.5) is 0 Å². The van der Waals surface area contributed by atoms with Gasteiger partial charge in [0.2, 0.25) is 0 Å². The van der Waals surface area contributed by atoms with E-state index in [0.29, 0.717) is 5.69 Å². The highest BCUT2D eigenvalue weighted by Crippen LogP contribution is 2.27. The lowest BCUT2D eigenvalue weighted by Gasteiger charge is -2.21. The van der Waals surface area contributed by atoms with E-state index in [2.05, 4.69) is 15.6 Å². The smallest absolute Gasteiger partial charge is 0.292 e. The molecule has 1 aliphatic rings. The highest BCUT2D eigenvalue weighted by Gasteiger charge is 2.26. The molecule has 2 aromatic carbocycles. The van der Waals surface area contributed by atoms with E-state index in [9.17, 15) is 4.79 Å². The fourth-order valence-electron chi connectivity index (χ4n) is 3.60. The third kappa shape index (κ3) is 4.43. The number of hydrazone groups is 1. The summed E-state index contributed by atoms with van der Waals surface area (Å²) in [5.74, 6) is 0.512. The number of carbonyl (C=O) groups excluding carboxylic acids is 1. The van der Waals surface area contributed by atoms with Gasteiger partial charge in [0, 0.05) is 11.3 Å². The van der Waals surface area contributed by atoms with Gasteiger partial charge in [-0.15, -0.1) is 0 Å². The second kappa shape index (κ2) is 8.14. The summed E-state index contributed by atoms with van der Waals surface area (Å²) in [6.45, 7) is 6.02. The number of fused-ring (bicyclic) bond motifs is 1. The molecule has 6 nitrogen and oxygen atoms in total. The number of aromatic nitrogens is 2. The van der Waals surface area contributed by atoms with E-state index in [1.165, 1.54) is 0 Å². The molecular formula is C24H26N4O2. The monoisotopic (exact) mass is 402 g/mol. The van der Waals surface area contributed by atoms with Crippen LogP contribution in [-0.4, -0.2) is 27.5 Å². The van der Waals surface area contributed by atoms with Crippen LogP contribution in [0.25, 0.3) is 5.69 Å². The number of benzene rings is 2. The van der Waals surface area contributed by atoms with E-state index >= 15 is 0 Å². The van der Waals surface area contributed by atoms with Crippen LogP contribution < -0.4 is 10.2 Å². The molecule has 0 unspecified atom stereocenters. The van der Waals surface area contributed by atoms with Gasteiger partial charge in [0.1, 0.15) is 11.4 Å². The van der Waals surface area contributed by atoms with E-state index in [-0.39, 0.29) is 11.5 Å². The van der Waals surface area contributed by atoms with Gasteiger partial charge in [-0.2, -0.15) is 10.2 Å². The first kappa shape index (κ1) is 19.9. The van der Waals surface area contributed by atoms with Crippen molar-refractivity contribution in [1.82, 2.24) is 15.2 Å². The van der Waals surface area contributed by atoms with Gasteiger partial charge in [0.05, 0.1) is 11.9 Å². The molecule has 30 heavy (non-hydrogen) atoms. The van der Waals surface area contributed by atoms with Crippen LogP contribution >= 0.6 is 0 Å². The average Bonchev–Trinajstić information content (AvgIpc) is 3.31. The highest BCUT2D eigenvalue weighted by molar-refractivity contribution is 5.95. The fourth-order valence-corrected chi connectivity index (χ4v) is 3.60. The van der Waals surface area contributed by atoms with Crippen molar-refractivity contribution < 1.29 is 9.53 Å². The van der Waals surface area contributed by atoms with E-state index in [1.54, 1.807) is 6.21 Å². The van der Waals surface area contributed by atoms with Gasteiger partial charge in [-0.3, -0.25) is 4.79 Å². The van der Waals surface area contributed by atoms with Gasteiger partial charge in [-0.25, -0.2) is 10.1 Å². The van der Waals surface area contributed by atoms with Crippen molar-refractivity contribution in [2.75, 3.05) is 0 Å². The molecule has 3 aromatic rings. The summed E-state index contributed by atoms with van der Waals surface area (Å²) in [6, 6.07) is 17.5. The first-order valence-corrected chi connectivity index (χ1v) is 10.2. The SMILES string of the molecule is CC(C)(C)Oc1ccc(/C=N/NC(=O)c2nn(-c3ccccc3)c3c2CCC3)cc1. The molecule has 1 amide bonds. The number of amides is 1. The van der Waals surface area contributed by atoms with Crippen molar-refractivity contribution in [3.8, 4) is 11.4 Å². The molecule has 6 heteroatoms. The lowest BCUT2D eigenvalue weighted by molar-refractivity contribution is 0.0948.